The highest BCUT2D eigenvalue weighted by molar-refractivity contribution is 7.22. The number of rotatable bonds is 1. The summed E-state index contributed by atoms with van der Waals surface area (Å²) in [6, 6.07) is 5.50. The molecule has 2 aromatic rings. The zero-order valence-corrected chi connectivity index (χ0v) is 9.55. The van der Waals surface area contributed by atoms with Crippen molar-refractivity contribution in [3.05, 3.63) is 28.6 Å². The molecule has 0 bridgehead atoms. The highest BCUT2D eigenvalue weighted by atomic mass is 32.1. The van der Waals surface area contributed by atoms with Crippen molar-refractivity contribution in [3.8, 4) is 0 Å². The van der Waals surface area contributed by atoms with E-state index in [0.29, 0.717) is 0 Å². The lowest BCUT2D eigenvalue weighted by molar-refractivity contribution is 0.123. The molecule has 5 heteroatoms. The summed E-state index contributed by atoms with van der Waals surface area (Å²) in [4.78, 5) is 16.3. The minimum atomic E-state index is -0.0428. The largest absolute Gasteiger partial charge is 0.378 e. The second-order valence-corrected chi connectivity index (χ2v) is 4.85. The predicted molar refractivity (Wildman–Crippen MR) is 65.5 cm³/mol. The van der Waals surface area contributed by atoms with Crippen LogP contribution in [0.3, 0.4) is 0 Å². The van der Waals surface area contributed by atoms with E-state index in [1.165, 1.54) is 5.00 Å². The Hall–Kier alpha value is -1.33. The lowest BCUT2D eigenvalue weighted by Gasteiger charge is -2.27. The van der Waals surface area contributed by atoms with Crippen LogP contribution >= 0.6 is 11.3 Å². The fourth-order valence-corrected chi connectivity index (χ4v) is 2.95. The number of thiophene rings is 1. The first-order chi connectivity index (χ1) is 7.83. The molecule has 84 valence electrons. The quantitative estimate of drug-likeness (QED) is 0.814. The maximum absolute atomic E-state index is 11.2. The maximum atomic E-state index is 11.2. The summed E-state index contributed by atoms with van der Waals surface area (Å²) in [5, 5.41) is 1.21. The van der Waals surface area contributed by atoms with E-state index in [2.05, 4.69) is 9.88 Å². The van der Waals surface area contributed by atoms with Gasteiger partial charge in [-0.3, -0.25) is 4.79 Å². The summed E-state index contributed by atoms with van der Waals surface area (Å²) in [5.74, 6) is 0. The van der Waals surface area contributed by atoms with Crippen LogP contribution in [-0.4, -0.2) is 31.3 Å². The molecule has 0 aliphatic carbocycles. The summed E-state index contributed by atoms with van der Waals surface area (Å²) < 4.78 is 6.45. The Balaban J connectivity index is 2.00. The Labute approximate surface area is 96.5 Å². The van der Waals surface area contributed by atoms with Crippen LogP contribution in [-0.2, 0) is 4.74 Å². The van der Waals surface area contributed by atoms with Crippen molar-refractivity contribution < 1.29 is 4.74 Å². The molecule has 16 heavy (non-hydrogen) atoms. The molecule has 1 fully saturated rings. The number of fused-ring (bicyclic) bond motifs is 1. The van der Waals surface area contributed by atoms with Crippen molar-refractivity contribution in [3.63, 3.8) is 0 Å². The number of aromatic amines is 1. The lowest BCUT2D eigenvalue weighted by Crippen LogP contribution is -2.35. The Kier molecular flexibility index (Phi) is 2.41. The van der Waals surface area contributed by atoms with Gasteiger partial charge in [-0.05, 0) is 12.1 Å². The smallest absolute Gasteiger partial charge is 0.248 e. The molecule has 0 aromatic carbocycles. The standard InChI is InChI=1S/C11H12N2O2S/c14-10-2-1-9-8(12-10)7-11(16-9)13-3-5-15-6-4-13/h1-2,7H,3-6H2,(H,12,14). The summed E-state index contributed by atoms with van der Waals surface area (Å²) >= 11 is 1.71. The number of ether oxygens (including phenoxy) is 1. The van der Waals surface area contributed by atoms with Crippen molar-refractivity contribution >= 4 is 26.6 Å². The number of nitrogens with one attached hydrogen (secondary N) is 1. The average molecular weight is 236 g/mol. The predicted octanol–water partition coefficient (Wildman–Crippen LogP) is 1.43. The van der Waals surface area contributed by atoms with Crippen molar-refractivity contribution in [2.45, 2.75) is 0 Å². The number of hydrogen-bond acceptors (Lipinski definition) is 4. The number of anilines is 1. The molecule has 1 aliphatic heterocycles. The molecule has 0 spiro atoms. The van der Waals surface area contributed by atoms with Crippen molar-refractivity contribution in [1.29, 1.82) is 0 Å². The number of morpholine rings is 1. The average Bonchev–Trinajstić information content (AvgIpc) is 2.73. The molecule has 0 saturated carbocycles. The van der Waals surface area contributed by atoms with Gasteiger partial charge >= 0.3 is 0 Å². The molecule has 3 heterocycles. The fourth-order valence-electron chi connectivity index (χ4n) is 1.88. The molecule has 0 amide bonds. The van der Waals surface area contributed by atoms with Gasteiger partial charge in [0.2, 0.25) is 5.56 Å². The van der Waals surface area contributed by atoms with E-state index in [1.807, 2.05) is 12.1 Å². The summed E-state index contributed by atoms with van der Waals surface area (Å²) in [6.45, 7) is 3.42. The molecule has 0 radical (unpaired) electrons. The van der Waals surface area contributed by atoms with Crippen molar-refractivity contribution in [2.24, 2.45) is 0 Å². The molecular formula is C11H12N2O2S. The van der Waals surface area contributed by atoms with Crippen LogP contribution in [0.5, 0.6) is 0 Å². The van der Waals surface area contributed by atoms with Crippen LogP contribution in [0.4, 0.5) is 5.00 Å². The highest BCUT2D eigenvalue weighted by Crippen LogP contribution is 2.30. The topological polar surface area (TPSA) is 45.3 Å². The van der Waals surface area contributed by atoms with E-state index in [4.69, 9.17) is 4.74 Å². The summed E-state index contributed by atoms with van der Waals surface area (Å²) in [5.41, 5.74) is 0.887. The second-order valence-electron chi connectivity index (χ2n) is 3.78. The first-order valence-corrected chi connectivity index (χ1v) is 6.10. The van der Waals surface area contributed by atoms with Crippen LogP contribution < -0.4 is 10.5 Å². The number of nitrogens with zero attached hydrogens (tertiary/aromatic N) is 1. The number of hydrogen-bond donors (Lipinski definition) is 1. The van der Waals surface area contributed by atoms with Gasteiger partial charge < -0.3 is 14.6 Å². The molecule has 4 nitrogen and oxygen atoms in total. The van der Waals surface area contributed by atoms with Gasteiger partial charge in [0.25, 0.3) is 0 Å². The molecule has 1 aliphatic rings. The van der Waals surface area contributed by atoms with Gasteiger partial charge in [-0.25, -0.2) is 0 Å². The van der Waals surface area contributed by atoms with E-state index in [0.717, 1.165) is 36.5 Å². The van der Waals surface area contributed by atoms with E-state index in [1.54, 1.807) is 17.4 Å². The van der Waals surface area contributed by atoms with E-state index in [-0.39, 0.29) is 5.56 Å². The fraction of sp³-hybridized carbons (Fsp3) is 0.364. The van der Waals surface area contributed by atoms with E-state index >= 15 is 0 Å². The van der Waals surface area contributed by atoms with Gasteiger partial charge in [-0.1, -0.05) is 0 Å². The SMILES string of the molecule is O=c1ccc2sc(N3CCOCC3)cc2[nH]1. The van der Waals surface area contributed by atoms with Crippen LogP contribution in [0.15, 0.2) is 23.0 Å². The van der Waals surface area contributed by atoms with Gasteiger partial charge in [0, 0.05) is 19.2 Å². The van der Waals surface area contributed by atoms with Crippen LogP contribution in [0.2, 0.25) is 0 Å². The number of H-pyrrole nitrogens is 1. The minimum Gasteiger partial charge on any atom is -0.378 e. The Bertz CT molecular complexity index is 554. The third-order valence-electron chi connectivity index (χ3n) is 2.71. The number of pyridine rings is 1. The van der Waals surface area contributed by atoms with Crippen molar-refractivity contribution in [2.75, 3.05) is 31.2 Å². The lowest BCUT2D eigenvalue weighted by atomic mass is 10.4. The molecular weight excluding hydrogens is 224 g/mol. The molecule has 0 unspecified atom stereocenters. The first kappa shape index (κ1) is 9.86. The zero-order chi connectivity index (χ0) is 11.0. The van der Waals surface area contributed by atoms with Gasteiger partial charge in [-0.15, -0.1) is 11.3 Å². The van der Waals surface area contributed by atoms with Crippen LogP contribution in [0.25, 0.3) is 10.2 Å². The molecule has 2 aromatic heterocycles. The number of aromatic nitrogens is 1. The minimum absolute atomic E-state index is 0.0428. The summed E-state index contributed by atoms with van der Waals surface area (Å²) in [7, 11) is 0. The van der Waals surface area contributed by atoms with Gasteiger partial charge in [-0.2, -0.15) is 0 Å². The normalized spacial score (nSPS) is 16.9. The molecule has 1 saturated heterocycles. The van der Waals surface area contributed by atoms with Gasteiger partial charge in [0.15, 0.2) is 0 Å². The third-order valence-corrected chi connectivity index (χ3v) is 3.88. The zero-order valence-electron chi connectivity index (χ0n) is 8.73. The highest BCUT2D eigenvalue weighted by Gasteiger charge is 2.13. The van der Waals surface area contributed by atoms with Gasteiger partial charge in [0.1, 0.15) is 0 Å². The van der Waals surface area contributed by atoms with Gasteiger partial charge in [0.05, 0.1) is 28.4 Å². The maximum Gasteiger partial charge on any atom is 0.248 e. The van der Waals surface area contributed by atoms with Crippen LogP contribution in [0, 0.1) is 0 Å². The van der Waals surface area contributed by atoms with Crippen LogP contribution in [0.1, 0.15) is 0 Å². The monoisotopic (exact) mass is 236 g/mol. The van der Waals surface area contributed by atoms with E-state index < -0.39 is 0 Å². The van der Waals surface area contributed by atoms with Crippen molar-refractivity contribution in [1.82, 2.24) is 4.98 Å². The Morgan fingerprint density at radius 3 is 2.94 bits per heavy atom. The summed E-state index contributed by atoms with van der Waals surface area (Å²) in [6.07, 6.45) is 0. The Morgan fingerprint density at radius 2 is 2.12 bits per heavy atom. The Morgan fingerprint density at radius 1 is 1.31 bits per heavy atom. The molecule has 0 atom stereocenters. The second kappa shape index (κ2) is 3.92. The molecule has 3 rings (SSSR count). The van der Waals surface area contributed by atoms with E-state index in [9.17, 15) is 4.79 Å². The first-order valence-electron chi connectivity index (χ1n) is 5.28. The molecule has 1 N–H and O–H groups in total. The third kappa shape index (κ3) is 1.72.